The number of rotatable bonds is 1. The van der Waals surface area contributed by atoms with Gasteiger partial charge in [0.1, 0.15) is 5.71 Å². The predicted octanol–water partition coefficient (Wildman–Crippen LogP) is 3.02. The molecule has 19 heavy (non-hydrogen) atoms. The highest BCUT2D eigenvalue weighted by Gasteiger charge is 2.47. The SMILES string of the molecule is C[C@]1(c2ccccc2)/C(=N\O)C(=O)c2ccccc21. The lowest BCUT2D eigenvalue weighted by Crippen LogP contribution is -2.32. The summed E-state index contributed by atoms with van der Waals surface area (Å²) in [6.07, 6.45) is 0. The molecule has 1 aliphatic rings. The first-order chi connectivity index (χ1) is 9.19. The van der Waals surface area contributed by atoms with Gasteiger partial charge in [-0.25, -0.2) is 0 Å². The topological polar surface area (TPSA) is 49.7 Å². The molecule has 3 nitrogen and oxygen atoms in total. The molecule has 0 saturated heterocycles. The normalized spacial score (nSPS) is 23.6. The fourth-order valence-electron chi connectivity index (χ4n) is 2.81. The van der Waals surface area contributed by atoms with Gasteiger partial charge in [0.15, 0.2) is 0 Å². The Morgan fingerprint density at radius 3 is 2.32 bits per heavy atom. The third-order valence-electron chi connectivity index (χ3n) is 3.85. The van der Waals surface area contributed by atoms with Crippen LogP contribution in [-0.2, 0) is 5.41 Å². The van der Waals surface area contributed by atoms with Gasteiger partial charge in [-0.2, -0.15) is 0 Å². The van der Waals surface area contributed by atoms with E-state index in [9.17, 15) is 10.0 Å². The molecule has 0 amide bonds. The summed E-state index contributed by atoms with van der Waals surface area (Å²) in [6, 6.07) is 17.1. The highest BCUT2D eigenvalue weighted by Crippen LogP contribution is 2.41. The summed E-state index contributed by atoms with van der Waals surface area (Å²) in [4.78, 5) is 12.3. The zero-order valence-electron chi connectivity index (χ0n) is 10.5. The highest BCUT2D eigenvalue weighted by molar-refractivity contribution is 6.52. The Bertz CT molecular complexity index is 676. The van der Waals surface area contributed by atoms with Crippen molar-refractivity contribution in [3.8, 4) is 0 Å². The number of nitrogens with zero attached hydrogens (tertiary/aromatic N) is 1. The van der Waals surface area contributed by atoms with Gasteiger partial charge >= 0.3 is 0 Å². The van der Waals surface area contributed by atoms with Crippen LogP contribution in [0.2, 0.25) is 0 Å². The molecule has 0 bridgehead atoms. The standard InChI is InChI=1S/C16H13NO2/c1-16(11-7-3-2-4-8-11)13-10-6-5-9-12(13)14(18)15(16)17-19/h2-10,19H,1H3/b17-15-/t16-/m1/s1. The second-order valence-corrected chi connectivity index (χ2v) is 4.81. The van der Waals surface area contributed by atoms with Crippen molar-refractivity contribution in [1.29, 1.82) is 0 Å². The maximum absolute atomic E-state index is 12.3. The van der Waals surface area contributed by atoms with Crippen molar-refractivity contribution in [2.24, 2.45) is 5.16 Å². The van der Waals surface area contributed by atoms with Gasteiger partial charge in [0, 0.05) is 5.56 Å². The van der Waals surface area contributed by atoms with Crippen LogP contribution in [0, 0.1) is 0 Å². The van der Waals surface area contributed by atoms with Crippen LogP contribution in [0.25, 0.3) is 0 Å². The van der Waals surface area contributed by atoms with Crippen LogP contribution in [0.15, 0.2) is 59.8 Å². The minimum atomic E-state index is -0.691. The van der Waals surface area contributed by atoms with Gasteiger partial charge in [-0.3, -0.25) is 4.79 Å². The molecular weight excluding hydrogens is 238 g/mol. The summed E-state index contributed by atoms with van der Waals surface area (Å²) in [5.41, 5.74) is 1.94. The predicted molar refractivity (Wildman–Crippen MR) is 72.9 cm³/mol. The molecule has 3 rings (SSSR count). The summed E-state index contributed by atoms with van der Waals surface area (Å²) in [5, 5.41) is 12.6. The number of Topliss-reactive ketones (excluding diaryl/α,β-unsaturated/α-hetero) is 1. The molecule has 0 fully saturated rings. The van der Waals surface area contributed by atoms with E-state index in [4.69, 9.17) is 0 Å². The third-order valence-corrected chi connectivity index (χ3v) is 3.85. The van der Waals surface area contributed by atoms with E-state index in [1.165, 1.54) is 0 Å². The average Bonchev–Trinajstić information content (AvgIpc) is 2.70. The van der Waals surface area contributed by atoms with Crippen LogP contribution < -0.4 is 0 Å². The first-order valence-corrected chi connectivity index (χ1v) is 6.12. The Labute approximate surface area is 111 Å². The summed E-state index contributed by atoms with van der Waals surface area (Å²) >= 11 is 0. The molecule has 0 radical (unpaired) electrons. The van der Waals surface area contributed by atoms with Crippen LogP contribution >= 0.6 is 0 Å². The number of fused-ring (bicyclic) bond motifs is 1. The van der Waals surface area contributed by atoms with Gasteiger partial charge in [-0.15, -0.1) is 0 Å². The molecule has 0 aromatic heterocycles. The Morgan fingerprint density at radius 1 is 1.00 bits per heavy atom. The van der Waals surface area contributed by atoms with Crippen molar-refractivity contribution in [3.63, 3.8) is 0 Å². The summed E-state index contributed by atoms with van der Waals surface area (Å²) in [5.74, 6) is -0.204. The Hall–Kier alpha value is -2.42. The number of carbonyl (C=O) groups is 1. The fourth-order valence-corrected chi connectivity index (χ4v) is 2.81. The van der Waals surface area contributed by atoms with Crippen LogP contribution in [0.4, 0.5) is 0 Å². The first-order valence-electron chi connectivity index (χ1n) is 6.12. The van der Waals surface area contributed by atoms with Crippen LogP contribution in [0.5, 0.6) is 0 Å². The molecule has 0 saturated carbocycles. The quantitative estimate of drug-likeness (QED) is 0.625. The Morgan fingerprint density at radius 2 is 1.63 bits per heavy atom. The van der Waals surface area contributed by atoms with Crippen LogP contribution in [0.1, 0.15) is 28.4 Å². The Kier molecular flexibility index (Phi) is 2.49. The molecule has 2 aromatic rings. The molecular formula is C16H13NO2. The lowest BCUT2D eigenvalue weighted by molar-refractivity contribution is 0.106. The van der Waals surface area contributed by atoms with Gasteiger partial charge in [0.2, 0.25) is 5.78 Å². The van der Waals surface area contributed by atoms with Crippen LogP contribution in [0.3, 0.4) is 0 Å². The second kappa shape index (κ2) is 4.05. The van der Waals surface area contributed by atoms with E-state index in [2.05, 4.69) is 5.16 Å². The highest BCUT2D eigenvalue weighted by atomic mass is 16.4. The lowest BCUT2D eigenvalue weighted by Gasteiger charge is -2.25. The van der Waals surface area contributed by atoms with E-state index < -0.39 is 5.41 Å². The summed E-state index contributed by atoms with van der Waals surface area (Å²) in [7, 11) is 0. The maximum atomic E-state index is 12.3. The minimum Gasteiger partial charge on any atom is -0.410 e. The van der Waals surface area contributed by atoms with Gasteiger partial charge < -0.3 is 5.21 Å². The van der Waals surface area contributed by atoms with Crippen LogP contribution in [-0.4, -0.2) is 16.7 Å². The number of carbonyl (C=O) groups excluding carboxylic acids is 1. The zero-order chi connectivity index (χ0) is 13.5. The van der Waals surface area contributed by atoms with Gasteiger partial charge in [-0.1, -0.05) is 59.8 Å². The maximum Gasteiger partial charge on any atom is 0.212 e. The lowest BCUT2D eigenvalue weighted by atomic mass is 9.76. The molecule has 0 heterocycles. The largest absolute Gasteiger partial charge is 0.410 e. The van der Waals surface area contributed by atoms with Crippen molar-refractivity contribution < 1.29 is 10.0 Å². The molecule has 0 spiro atoms. The van der Waals surface area contributed by atoms with Crippen molar-refractivity contribution >= 4 is 11.5 Å². The zero-order valence-corrected chi connectivity index (χ0v) is 10.5. The molecule has 1 atom stereocenters. The van der Waals surface area contributed by atoms with E-state index in [0.717, 1.165) is 11.1 Å². The first kappa shape index (κ1) is 11.7. The van der Waals surface area contributed by atoms with Gasteiger partial charge in [0.05, 0.1) is 5.41 Å². The molecule has 2 aromatic carbocycles. The van der Waals surface area contributed by atoms with E-state index in [0.29, 0.717) is 5.56 Å². The molecule has 94 valence electrons. The molecule has 3 heteroatoms. The Balaban J connectivity index is 2.33. The smallest absolute Gasteiger partial charge is 0.212 e. The fraction of sp³-hybridized carbons (Fsp3) is 0.125. The van der Waals surface area contributed by atoms with Crippen molar-refractivity contribution in [2.45, 2.75) is 12.3 Å². The van der Waals surface area contributed by atoms with E-state index in [-0.39, 0.29) is 11.5 Å². The summed E-state index contributed by atoms with van der Waals surface area (Å²) in [6.45, 7) is 1.92. The van der Waals surface area contributed by atoms with Crippen molar-refractivity contribution in [3.05, 3.63) is 71.3 Å². The van der Waals surface area contributed by atoms with E-state index >= 15 is 0 Å². The van der Waals surface area contributed by atoms with E-state index in [1.807, 2.05) is 55.5 Å². The molecule has 0 aliphatic heterocycles. The molecule has 0 unspecified atom stereocenters. The third kappa shape index (κ3) is 1.45. The second-order valence-electron chi connectivity index (χ2n) is 4.81. The monoisotopic (exact) mass is 251 g/mol. The average molecular weight is 251 g/mol. The van der Waals surface area contributed by atoms with Crippen molar-refractivity contribution in [1.82, 2.24) is 0 Å². The number of hydrogen-bond acceptors (Lipinski definition) is 3. The molecule has 1 aliphatic carbocycles. The van der Waals surface area contributed by atoms with Gasteiger partial charge in [-0.05, 0) is 18.1 Å². The number of oxime groups is 1. The van der Waals surface area contributed by atoms with Crippen molar-refractivity contribution in [2.75, 3.05) is 0 Å². The number of ketones is 1. The summed E-state index contributed by atoms with van der Waals surface area (Å²) < 4.78 is 0. The number of benzene rings is 2. The minimum absolute atomic E-state index is 0.180. The van der Waals surface area contributed by atoms with Gasteiger partial charge in [0.25, 0.3) is 0 Å². The van der Waals surface area contributed by atoms with E-state index in [1.54, 1.807) is 6.07 Å². The molecule has 1 N–H and O–H groups in total. The number of hydrogen-bond donors (Lipinski definition) is 1.